The van der Waals surface area contributed by atoms with Crippen LogP contribution in [-0.4, -0.2) is 109 Å². The maximum absolute atomic E-state index is 14.4. The molecule has 3 aromatic rings. The number of hydrogen-bond donors (Lipinski definition) is 0. The summed E-state index contributed by atoms with van der Waals surface area (Å²) >= 11 is 0. The number of rotatable bonds is 18. The minimum Gasteiger partial charge on any atom is -0.493 e. The van der Waals surface area contributed by atoms with Crippen LogP contribution in [0.4, 0.5) is 0 Å². The van der Waals surface area contributed by atoms with Gasteiger partial charge in [0.1, 0.15) is 24.5 Å². The fraction of sp³-hybridized carbons (Fsp3) is 0.524. The van der Waals surface area contributed by atoms with Crippen molar-refractivity contribution in [3.05, 3.63) is 71.3 Å². The first-order valence-electron chi connectivity index (χ1n) is 18.9. The number of morpholine rings is 1. The molecule has 0 aliphatic carbocycles. The minimum absolute atomic E-state index is 0.133. The first-order chi connectivity index (χ1) is 26.3. The number of carbonyl (C=O) groups excluding carboxylic acids is 2. The van der Waals surface area contributed by atoms with Crippen LogP contribution in [0.2, 0.25) is 0 Å². The van der Waals surface area contributed by atoms with Crippen LogP contribution >= 0.6 is 0 Å². The van der Waals surface area contributed by atoms with E-state index < -0.39 is 24.0 Å². The van der Waals surface area contributed by atoms with Crippen molar-refractivity contribution in [3.63, 3.8) is 0 Å². The standard InChI is InChI=1S/C42H56N2O10/c1-7-33(31-27-38(49-4)40(51-6)39(28-31)50-5)41(45)44-18-9-8-13-34(44)42(46)54-35(16-14-29-15-17-36(47-2)37(25-29)48-3)30-11-10-12-32(26-30)53-24-21-43-19-22-52-23-20-43/h10-12,15,17,25-28,33-35H,7-9,13-14,16,18-24H2,1-6H3/t33-,34-,35?/m0/s1. The van der Waals surface area contributed by atoms with Gasteiger partial charge in [0.15, 0.2) is 23.0 Å². The zero-order valence-electron chi connectivity index (χ0n) is 32.6. The molecule has 5 rings (SSSR count). The molecule has 2 aliphatic rings. The van der Waals surface area contributed by atoms with Crippen LogP contribution in [0.3, 0.4) is 0 Å². The fourth-order valence-corrected chi connectivity index (χ4v) is 7.26. The number of likely N-dealkylation sites (tertiary alicyclic amines) is 1. The van der Waals surface area contributed by atoms with E-state index in [1.54, 1.807) is 40.4 Å². The molecule has 54 heavy (non-hydrogen) atoms. The van der Waals surface area contributed by atoms with Crippen molar-refractivity contribution in [1.29, 1.82) is 0 Å². The number of benzene rings is 3. The van der Waals surface area contributed by atoms with Crippen LogP contribution in [0.25, 0.3) is 0 Å². The maximum Gasteiger partial charge on any atom is 0.329 e. The van der Waals surface area contributed by atoms with E-state index >= 15 is 0 Å². The van der Waals surface area contributed by atoms with Crippen LogP contribution in [-0.2, 0) is 25.5 Å². The quantitative estimate of drug-likeness (QED) is 0.138. The summed E-state index contributed by atoms with van der Waals surface area (Å²) in [4.78, 5) is 32.7. The van der Waals surface area contributed by atoms with E-state index in [9.17, 15) is 9.59 Å². The molecule has 12 heteroatoms. The number of hydrogen-bond acceptors (Lipinski definition) is 11. The summed E-state index contributed by atoms with van der Waals surface area (Å²) in [6.07, 6.45) is 3.16. The maximum atomic E-state index is 14.4. The molecular weight excluding hydrogens is 692 g/mol. The van der Waals surface area contributed by atoms with E-state index in [-0.39, 0.29) is 5.91 Å². The number of methoxy groups -OCH3 is 5. The third kappa shape index (κ3) is 10.1. The lowest BCUT2D eigenvalue weighted by molar-refractivity contribution is -0.162. The van der Waals surface area contributed by atoms with Gasteiger partial charge < -0.3 is 42.8 Å². The molecule has 0 radical (unpaired) electrons. The highest BCUT2D eigenvalue weighted by atomic mass is 16.5. The number of nitrogens with zero attached hydrogens (tertiary/aromatic N) is 2. The second-order valence-corrected chi connectivity index (χ2v) is 13.5. The largest absolute Gasteiger partial charge is 0.493 e. The van der Waals surface area contributed by atoms with Gasteiger partial charge in [-0.2, -0.15) is 0 Å². The number of amides is 1. The first-order valence-corrected chi connectivity index (χ1v) is 18.9. The molecule has 0 spiro atoms. The SMILES string of the molecule is CC[C@H](C(=O)N1CCCC[C@H]1C(=O)OC(CCc1ccc(OC)c(OC)c1)c1cccc(OCCN2CCOCC2)c1)c1cc(OC)c(OC)c(OC)c1. The molecule has 1 amide bonds. The van der Waals surface area contributed by atoms with Gasteiger partial charge in [0.05, 0.1) is 54.7 Å². The minimum atomic E-state index is -0.723. The monoisotopic (exact) mass is 748 g/mol. The molecule has 1 unspecified atom stereocenters. The Hall–Kier alpha value is -4.68. The molecule has 2 aliphatic heterocycles. The number of aryl methyl sites for hydroxylation is 1. The van der Waals surface area contributed by atoms with Crippen LogP contribution < -0.4 is 28.4 Å². The van der Waals surface area contributed by atoms with Gasteiger partial charge in [0, 0.05) is 26.2 Å². The van der Waals surface area contributed by atoms with Crippen LogP contribution in [0.1, 0.15) is 67.7 Å². The average Bonchev–Trinajstić information content (AvgIpc) is 3.22. The van der Waals surface area contributed by atoms with Crippen molar-refractivity contribution in [3.8, 4) is 34.5 Å². The van der Waals surface area contributed by atoms with Gasteiger partial charge in [-0.05, 0) is 91.6 Å². The lowest BCUT2D eigenvalue weighted by Crippen LogP contribution is -2.50. The highest BCUT2D eigenvalue weighted by Gasteiger charge is 2.38. The normalized spacial score (nSPS) is 17.2. The van der Waals surface area contributed by atoms with Crippen molar-refractivity contribution >= 4 is 11.9 Å². The number of piperidine rings is 1. The van der Waals surface area contributed by atoms with Crippen molar-refractivity contribution in [2.24, 2.45) is 0 Å². The summed E-state index contributed by atoms with van der Waals surface area (Å²) in [7, 11) is 7.86. The molecule has 294 valence electrons. The van der Waals surface area contributed by atoms with Crippen LogP contribution in [0, 0.1) is 0 Å². The average molecular weight is 749 g/mol. The van der Waals surface area contributed by atoms with Gasteiger partial charge in [-0.3, -0.25) is 9.69 Å². The summed E-state index contributed by atoms with van der Waals surface area (Å²) in [5.74, 6) is 2.30. The second kappa shape index (κ2) is 20.1. The van der Waals surface area contributed by atoms with Crippen molar-refractivity contribution in [2.75, 3.05) is 81.5 Å². The van der Waals surface area contributed by atoms with Gasteiger partial charge in [0.2, 0.25) is 11.7 Å². The second-order valence-electron chi connectivity index (χ2n) is 13.5. The summed E-state index contributed by atoms with van der Waals surface area (Å²) in [6.45, 7) is 6.99. The molecule has 2 heterocycles. The Kier molecular flexibility index (Phi) is 15.1. The third-order valence-corrected chi connectivity index (χ3v) is 10.3. The summed E-state index contributed by atoms with van der Waals surface area (Å²) < 4.78 is 45.8. The Labute approximate surface area is 319 Å². The summed E-state index contributed by atoms with van der Waals surface area (Å²) in [5.41, 5.74) is 2.57. The number of carbonyl (C=O) groups is 2. The predicted octanol–water partition coefficient (Wildman–Crippen LogP) is 6.23. The highest BCUT2D eigenvalue weighted by molar-refractivity contribution is 5.89. The van der Waals surface area contributed by atoms with Gasteiger partial charge in [-0.15, -0.1) is 0 Å². The Morgan fingerprint density at radius 3 is 2.19 bits per heavy atom. The van der Waals surface area contributed by atoms with E-state index in [0.717, 1.165) is 62.4 Å². The molecule has 0 saturated carbocycles. The molecular formula is C42H56N2O10. The Balaban J connectivity index is 1.37. The van der Waals surface area contributed by atoms with Crippen LogP contribution in [0.15, 0.2) is 54.6 Å². The smallest absolute Gasteiger partial charge is 0.329 e. The Bertz CT molecular complexity index is 1650. The van der Waals surface area contributed by atoms with Gasteiger partial charge >= 0.3 is 5.97 Å². The number of esters is 1. The topological polar surface area (TPSA) is 114 Å². The summed E-state index contributed by atoms with van der Waals surface area (Å²) in [6, 6.07) is 16.5. The lowest BCUT2D eigenvalue weighted by Gasteiger charge is -2.37. The molecule has 3 atom stereocenters. The molecule has 0 aromatic heterocycles. The van der Waals surface area contributed by atoms with E-state index in [2.05, 4.69) is 4.90 Å². The van der Waals surface area contributed by atoms with E-state index in [4.69, 9.17) is 37.9 Å². The number of ether oxygens (including phenoxy) is 8. The van der Waals surface area contributed by atoms with Crippen LogP contribution in [0.5, 0.6) is 34.5 Å². The Morgan fingerprint density at radius 2 is 1.52 bits per heavy atom. The lowest BCUT2D eigenvalue weighted by atomic mass is 9.91. The zero-order chi connectivity index (χ0) is 38.5. The van der Waals surface area contributed by atoms with Crippen molar-refractivity contribution < 1.29 is 47.5 Å². The van der Waals surface area contributed by atoms with E-state index in [0.29, 0.717) is 73.3 Å². The zero-order valence-corrected chi connectivity index (χ0v) is 32.6. The van der Waals surface area contributed by atoms with Gasteiger partial charge in [0.25, 0.3) is 0 Å². The first kappa shape index (κ1) is 40.5. The fourth-order valence-electron chi connectivity index (χ4n) is 7.26. The molecule has 0 N–H and O–H groups in total. The van der Waals surface area contributed by atoms with Crippen molar-refractivity contribution in [2.45, 2.75) is 63.5 Å². The highest BCUT2D eigenvalue weighted by Crippen LogP contribution is 2.41. The molecule has 0 bridgehead atoms. The Morgan fingerprint density at radius 1 is 0.796 bits per heavy atom. The molecule has 2 fully saturated rings. The molecule has 12 nitrogen and oxygen atoms in total. The third-order valence-electron chi connectivity index (χ3n) is 10.3. The molecule has 2 saturated heterocycles. The molecule has 3 aromatic carbocycles. The predicted molar refractivity (Wildman–Crippen MR) is 204 cm³/mol. The summed E-state index contributed by atoms with van der Waals surface area (Å²) in [5, 5.41) is 0. The van der Waals surface area contributed by atoms with Gasteiger partial charge in [-0.1, -0.05) is 25.1 Å². The van der Waals surface area contributed by atoms with Crippen molar-refractivity contribution in [1.82, 2.24) is 9.80 Å². The van der Waals surface area contributed by atoms with Gasteiger partial charge in [-0.25, -0.2) is 4.79 Å². The van der Waals surface area contributed by atoms with E-state index in [1.807, 2.05) is 61.5 Å². The van der Waals surface area contributed by atoms with E-state index in [1.165, 1.54) is 0 Å².